The molecule has 0 radical (unpaired) electrons. The Morgan fingerprint density at radius 1 is 1.10 bits per heavy atom. The fourth-order valence-corrected chi connectivity index (χ4v) is 1.97. The Morgan fingerprint density at radius 2 is 1.70 bits per heavy atom. The number of esters is 1. The lowest BCUT2D eigenvalue weighted by Crippen LogP contribution is -2.37. The van der Waals surface area contributed by atoms with Crippen LogP contribution in [0.25, 0.3) is 11.2 Å². The summed E-state index contributed by atoms with van der Waals surface area (Å²) in [4.78, 5) is 40.0. The highest BCUT2D eigenvalue weighted by atomic mass is 16.5. The number of hydrogen-bond donors (Lipinski definition) is 0. The lowest BCUT2D eigenvalue weighted by Gasteiger charge is -2.07. The van der Waals surface area contributed by atoms with E-state index in [1.807, 2.05) is 0 Å². The van der Waals surface area contributed by atoms with Gasteiger partial charge in [-0.15, -0.1) is 0 Å². The third-order valence-corrected chi connectivity index (χ3v) is 3.00. The molecule has 0 bridgehead atoms. The van der Waals surface area contributed by atoms with Crippen molar-refractivity contribution in [3.05, 3.63) is 26.7 Å². The number of hydrogen-bond acceptors (Lipinski definition) is 5. The van der Waals surface area contributed by atoms with Gasteiger partial charge in [0, 0.05) is 21.1 Å². The molecule has 108 valence electrons. The van der Waals surface area contributed by atoms with Crippen LogP contribution >= 0.6 is 0 Å². The van der Waals surface area contributed by atoms with E-state index in [4.69, 9.17) is 4.74 Å². The Balaban J connectivity index is 2.80. The van der Waals surface area contributed by atoms with E-state index in [1.54, 1.807) is 13.8 Å². The van der Waals surface area contributed by atoms with Gasteiger partial charge in [0.05, 0.1) is 6.10 Å². The molecule has 2 aromatic rings. The first-order valence-corrected chi connectivity index (χ1v) is 6.09. The van der Waals surface area contributed by atoms with Gasteiger partial charge in [0.25, 0.3) is 5.56 Å². The number of nitrogens with zero attached hydrogens (tertiary/aromatic N) is 4. The minimum Gasteiger partial charge on any atom is -0.457 e. The third kappa shape index (κ3) is 1.93. The summed E-state index contributed by atoms with van der Waals surface area (Å²) < 4.78 is 8.62. The number of aromatic nitrogens is 4. The molecule has 2 aromatic heterocycles. The molecule has 0 saturated heterocycles. The zero-order valence-corrected chi connectivity index (χ0v) is 12.0. The van der Waals surface area contributed by atoms with E-state index in [-0.39, 0.29) is 23.1 Å². The summed E-state index contributed by atoms with van der Waals surface area (Å²) in [6.07, 6.45) is -0.297. The van der Waals surface area contributed by atoms with Gasteiger partial charge in [-0.25, -0.2) is 14.6 Å². The van der Waals surface area contributed by atoms with E-state index in [2.05, 4.69) is 4.98 Å². The highest BCUT2D eigenvalue weighted by Crippen LogP contribution is 2.10. The summed E-state index contributed by atoms with van der Waals surface area (Å²) in [5, 5.41) is 0. The second-order valence-corrected chi connectivity index (χ2v) is 4.83. The third-order valence-electron chi connectivity index (χ3n) is 3.00. The maximum atomic E-state index is 12.1. The standard InChI is InChI=1S/C12H16N4O4/c1-6(2)20-11(18)9-13-8-7(14(9)3)10(17)16(5)12(19)15(8)4/h6H,1-5H3. The Kier molecular flexibility index (Phi) is 3.24. The van der Waals surface area contributed by atoms with Crippen LogP contribution in [-0.4, -0.2) is 30.8 Å². The highest BCUT2D eigenvalue weighted by molar-refractivity contribution is 5.90. The molecule has 0 aliphatic carbocycles. The summed E-state index contributed by atoms with van der Waals surface area (Å²) >= 11 is 0. The Hall–Kier alpha value is -2.38. The van der Waals surface area contributed by atoms with E-state index < -0.39 is 17.2 Å². The van der Waals surface area contributed by atoms with E-state index in [0.29, 0.717) is 0 Å². The van der Waals surface area contributed by atoms with Crippen LogP contribution < -0.4 is 11.2 Å². The van der Waals surface area contributed by atoms with Crippen LogP contribution in [0.3, 0.4) is 0 Å². The molecule has 0 aliphatic heterocycles. The molecule has 0 unspecified atom stereocenters. The average molecular weight is 280 g/mol. The van der Waals surface area contributed by atoms with Crippen molar-refractivity contribution in [1.82, 2.24) is 18.7 Å². The van der Waals surface area contributed by atoms with Crippen LogP contribution in [0.15, 0.2) is 9.59 Å². The summed E-state index contributed by atoms with van der Waals surface area (Å²) in [5.41, 5.74) is -0.646. The van der Waals surface area contributed by atoms with E-state index in [1.165, 1.54) is 30.3 Å². The number of imidazole rings is 1. The molecule has 0 aliphatic rings. The molecule has 0 spiro atoms. The number of carbonyl (C=O) groups excluding carboxylic acids is 1. The lowest BCUT2D eigenvalue weighted by molar-refractivity contribution is 0.0360. The fourth-order valence-electron chi connectivity index (χ4n) is 1.97. The summed E-state index contributed by atoms with van der Waals surface area (Å²) in [6.45, 7) is 3.44. The van der Waals surface area contributed by atoms with Gasteiger partial charge in [-0.3, -0.25) is 13.9 Å². The van der Waals surface area contributed by atoms with Crippen LogP contribution in [0.4, 0.5) is 0 Å². The first-order chi connectivity index (χ1) is 9.25. The topological polar surface area (TPSA) is 88.1 Å². The number of carbonyl (C=O) groups is 1. The van der Waals surface area contributed by atoms with E-state index >= 15 is 0 Å². The Morgan fingerprint density at radius 3 is 2.25 bits per heavy atom. The van der Waals surface area contributed by atoms with Gasteiger partial charge >= 0.3 is 11.7 Å². The summed E-state index contributed by atoms with van der Waals surface area (Å²) in [6, 6.07) is 0. The number of fused-ring (bicyclic) bond motifs is 1. The second kappa shape index (κ2) is 4.62. The number of aryl methyl sites for hydroxylation is 2. The summed E-state index contributed by atoms with van der Waals surface area (Å²) in [5.74, 6) is -0.639. The average Bonchev–Trinajstić information content (AvgIpc) is 2.71. The van der Waals surface area contributed by atoms with Crippen LogP contribution in [0.5, 0.6) is 0 Å². The molecule has 2 heterocycles. The van der Waals surface area contributed by atoms with E-state index in [0.717, 1.165) is 4.57 Å². The van der Waals surface area contributed by atoms with Crippen LogP contribution in [0.2, 0.25) is 0 Å². The van der Waals surface area contributed by atoms with Gasteiger partial charge in [-0.1, -0.05) is 0 Å². The minimum atomic E-state index is -0.631. The fraction of sp³-hybridized carbons (Fsp3) is 0.500. The SMILES string of the molecule is CC(C)OC(=O)c1nc2c(c(=O)n(C)c(=O)n2C)n1C. The van der Waals surface area contributed by atoms with Gasteiger partial charge in [0.2, 0.25) is 5.82 Å². The first kappa shape index (κ1) is 14.0. The Labute approximate surface area is 114 Å². The molecule has 0 amide bonds. The van der Waals surface area contributed by atoms with Gasteiger partial charge in [0.15, 0.2) is 11.2 Å². The van der Waals surface area contributed by atoms with Crippen molar-refractivity contribution in [1.29, 1.82) is 0 Å². The normalized spacial score (nSPS) is 11.3. The van der Waals surface area contributed by atoms with Gasteiger partial charge in [-0.2, -0.15) is 0 Å². The van der Waals surface area contributed by atoms with Gasteiger partial charge < -0.3 is 9.30 Å². The molecule has 0 atom stereocenters. The van der Waals surface area contributed by atoms with Crippen molar-refractivity contribution in [3.63, 3.8) is 0 Å². The lowest BCUT2D eigenvalue weighted by atomic mass is 10.5. The zero-order valence-electron chi connectivity index (χ0n) is 12.0. The van der Waals surface area contributed by atoms with Crippen LogP contribution in [0, 0.1) is 0 Å². The maximum absolute atomic E-state index is 12.1. The van der Waals surface area contributed by atoms with Crippen LogP contribution in [0.1, 0.15) is 24.5 Å². The first-order valence-electron chi connectivity index (χ1n) is 6.09. The van der Waals surface area contributed by atoms with Crippen molar-refractivity contribution < 1.29 is 9.53 Å². The quantitative estimate of drug-likeness (QED) is 0.694. The molecule has 0 aromatic carbocycles. The van der Waals surface area contributed by atoms with Crippen molar-refractivity contribution >= 4 is 17.1 Å². The van der Waals surface area contributed by atoms with Crippen LogP contribution in [-0.2, 0) is 25.9 Å². The number of rotatable bonds is 2. The molecular formula is C12H16N4O4. The molecule has 0 N–H and O–H groups in total. The van der Waals surface area contributed by atoms with Crippen molar-refractivity contribution in [3.8, 4) is 0 Å². The molecule has 8 nitrogen and oxygen atoms in total. The van der Waals surface area contributed by atoms with Gasteiger partial charge in [0.1, 0.15) is 0 Å². The molecule has 0 fully saturated rings. The predicted octanol–water partition coefficient (Wildman–Crippen LogP) is -0.464. The zero-order chi connectivity index (χ0) is 15.2. The second-order valence-electron chi connectivity index (χ2n) is 4.83. The summed E-state index contributed by atoms with van der Waals surface area (Å²) in [7, 11) is 4.41. The molecule has 20 heavy (non-hydrogen) atoms. The highest BCUT2D eigenvalue weighted by Gasteiger charge is 2.22. The molecular weight excluding hydrogens is 264 g/mol. The van der Waals surface area contributed by atoms with Gasteiger partial charge in [-0.05, 0) is 13.8 Å². The van der Waals surface area contributed by atoms with Crippen molar-refractivity contribution in [2.24, 2.45) is 21.1 Å². The molecule has 8 heteroatoms. The molecule has 0 saturated carbocycles. The molecule has 2 rings (SSSR count). The van der Waals surface area contributed by atoms with E-state index in [9.17, 15) is 14.4 Å². The smallest absolute Gasteiger partial charge is 0.374 e. The number of ether oxygens (including phenoxy) is 1. The Bertz CT molecular complexity index is 809. The minimum absolute atomic E-state index is 0.00741. The predicted molar refractivity (Wildman–Crippen MR) is 71.7 cm³/mol. The largest absolute Gasteiger partial charge is 0.457 e. The van der Waals surface area contributed by atoms with Crippen molar-refractivity contribution in [2.45, 2.75) is 20.0 Å². The maximum Gasteiger partial charge on any atom is 0.374 e. The monoisotopic (exact) mass is 280 g/mol. The van der Waals surface area contributed by atoms with Crippen molar-refractivity contribution in [2.75, 3.05) is 0 Å².